The third kappa shape index (κ3) is 5.22. The van der Waals surface area contributed by atoms with Crippen molar-refractivity contribution in [2.75, 3.05) is 0 Å². The van der Waals surface area contributed by atoms with E-state index in [0.29, 0.717) is 0 Å². The van der Waals surface area contributed by atoms with E-state index in [9.17, 15) is 4.39 Å². The molecule has 0 fully saturated rings. The Hall–Kier alpha value is -2.78. The maximum Gasteiger partial charge on any atom is 0.123 e. The monoisotopic (exact) mass is 417 g/mol. The SMILES string of the molecule is CC.Cc1sc(-c2ccc(F)cc2)c(-c2ccncc2)c1CCCc1ccccc1. The average molecular weight is 418 g/mol. The fourth-order valence-corrected chi connectivity index (χ4v) is 4.85. The molecule has 0 spiro atoms. The van der Waals surface area contributed by atoms with Gasteiger partial charge in [-0.2, -0.15) is 0 Å². The van der Waals surface area contributed by atoms with Crippen molar-refractivity contribution in [1.29, 1.82) is 0 Å². The summed E-state index contributed by atoms with van der Waals surface area (Å²) in [6, 6.07) is 21.6. The Labute approximate surface area is 183 Å². The van der Waals surface area contributed by atoms with Crippen molar-refractivity contribution < 1.29 is 4.39 Å². The number of thiophene rings is 1. The molecule has 4 aromatic rings. The molecule has 0 atom stereocenters. The van der Waals surface area contributed by atoms with Crippen LogP contribution in [0.2, 0.25) is 0 Å². The summed E-state index contributed by atoms with van der Waals surface area (Å²) in [6.07, 6.45) is 6.87. The second-order valence-corrected chi connectivity index (χ2v) is 8.15. The van der Waals surface area contributed by atoms with Crippen molar-refractivity contribution in [3.8, 4) is 21.6 Å². The van der Waals surface area contributed by atoms with Gasteiger partial charge in [0.15, 0.2) is 0 Å². The Kier molecular flexibility index (Phi) is 7.92. The molecule has 0 aliphatic heterocycles. The Bertz CT molecular complexity index is 1040. The van der Waals surface area contributed by atoms with Crippen LogP contribution >= 0.6 is 11.3 Å². The second-order valence-electron chi connectivity index (χ2n) is 6.92. The third-order valence-corrected chi connectivity index (χ3v) is 6.22. The highest BCUT2D eigenvalue weighted by Crippen LogP contribution is 2.43. The molecular weight excluding hydrogens is 389 g/mol. The zero-order valence-corrected chi connectivity index (χ0v) is 18.7. The van der Waals surface area contributed by atoms with E-state index in [0.717, 1.165) is 24.8 Å². The maximum atomic E-state index is 13.4. The summed E-state index contributed by atoms with van der Waals surface area (Å²) in [5.41, 5.74) is 6.28. The minimum absolute atomic E-state index is 0.203. The van der Waals surface area contributed by atoms with E-state index in [1.54, 1.807) is 11.3 Å². The molecule has 0 aliphatic carbocycles. The van der Waals surface area contributed by atoms with Crippen molar-refractivity contribution in [3.05, 3.63) is 101 Å². The fourth-order valence-electron chi connectivity index (χ4n) is 3.62. The summed E-state index contributed by atoms with van der Waals surface area (Å²) in [7, 11) is 0. The molecule has 0 radical (unpaired) electrons. The standard InChI is InChI=1S/C25H22FNS.C2H6/c1-18-23(9-5-8-19-6-3-2-4-7-19)24(20-14-16-27-17-15-20)25(28-18)21-10-12-22(26)13-11-21;1-2/h2-4,6-7,10-17H,5,8-9H2,1H3;1-2H3. The zero-order chi connectivity index (χ0) is 21.3. The lowest BCUT2D eigenvalue weighted by atomic mass is 9.94. The largest absolute Gasteiger partial charge is 0.265 e. The fraction of sp³-hybridized carbons (Fsp3) is 0.222. The van der Waals surface area contributed by atoms with Crippen LogP contribution in [0.15, 0.2) is 79.1 Å². The predicted molar refractivity (Wildman–Crippen MR) is 127 cm³/mol. The molecule has 0 bridgehead atoms. The van der Waals surface area contributed by atoms with Crippen LogP contribution in [-0.4, -0.2) is 4.98 Å². The number of rotatable bonds is 6. The molecule has 2 aromatic heterocycles. The molecule has 0 N–H and O–H groups in total. The van der Waals surface area contributed by atoms with Crippen molar-refractivity contribution >= 4 is 11.3 Å². The quantitative estimate of drug-likeness (QED) is 0.309. The number of aromatic nitrogens is 1. The summed E-state index contributed by atoms with van der Waals surface area (Å²) >= 11 is 1.80. The van der Waals surface area contributed by atoms with Gasteiger partial charge < -0.3 is 0 Å². The van der Waals surface area contributed by atoms with Gasteiger partial charge in [0, 0.05) is 27.7 Å². The normalized spacial score (nSPS) is 10.4. The first-order valence-electron chi connectivity index (χ1n) is 10.5. The summed E-state index contributed by atoms with van der Waals surface area (Å²) in [5.74, 6) is -0.203. The van der Waals surface area contributed by atoms with E-state index in [1.165, 1.54) is 44.1 Å². The van der Waals surface area contributed by atoms with E-state index in [2.05, 4.69) is 54.4 Å². The topological polar surface area (TPSA) is 12.9 Å². The first kappa shape index (κ1) is 21.9. The Morgan fingerprint density at radius 3 is 2.13 bits per heavy atom. The molecule has 154 valence electrons. The number of hydrogen-bond acceptors (Lipinski definition) is 2. The molecule has 2 aromatic carbocycles. The third-order valence-electron chi connectivity index (χ3n) is 5.02. The second kappa shape index (κ2) is 10.8. The molecule has 3 heteroatoms. The van der Waals surface area contributed by atoms with E-state index in [4.69, 9.17) is 0 Å². The average Bonchev–Trinajstić information content (AvgIpc) is 3.13. The van der Waals surface area contributed by atoms with E-state index >= 15 is 0 Å². The van der Waals surface area contributed by atoms with Crippen molar-refractivity contribution in [1.82, 2.24) is 4.98 Å². The van der Waals surface area contributed by atoms with Gasteiger partial charge in [0.05, 0.1) is 0 Å². The van der Waals surface area contributed by atoms with Crippen LogP contribution in [0.3, 0.4) is 0 Å². The molecule has 1 nitrogen and oxygen atoms in total. The van der Waals surface area contributed by atoms with Gasteiger partial charge in [0.2, 0.25) is 0 Å². The van der Waals surface area contributed by atoms with Crippen LogP contribution in [0.25, 0.3) is 21.6 Å². The highest BCUT2D eigenvalue weighted by Gasteiger charge is 2.18. The van der Waals surface area contributed by atoms with Gasteiger partial charge in [0.25, 0.3) is 0 Å². The Balaban J connectivity index is 0.00000124. The number of aryl methyl sites for hydroxylation is 2. The number of halogens is 1. The molecule has 4 rings (SSSR count). The van der Waals surface area contributed by atoms with Crippen molar-refractivity contribution in [2.45, 2.75) is 40.0 Å². The smallest absolute Gasteiger partial charge is 0.123 e. The molecule has 0 saturated carbocycles. The van der Waals surface area contributed by atoms with Crippen molar-refractivity contribution in [3.63, 3.8) is 0 Å². The molecule has 2 heterocycles. The maximum absolute atomic E-state index is 13.4. The molecular formula is C27H28FNS. The van der Waals surface area contributed by atoms with Gasteiger partial charge in [-0.1, -0.05) is 56.3 Å². The lowest BCUT2D eigenvalue weighted by Gasteiger charge is -2.09. The van der Waals surface area contributed by atoms with E-state index < -0.39 is 0 Å². The lowest BCUT2D eigenvalue weighted by molar-refractivity contribution is 0.628. The number of pyridine rings is 1. The predicted octanol–water partition coefficient (Wildman–Crippen LogP) is 8.13. The number of hydrogen-bond donors (Lipinski definition) is 0. The molecule has 30 heavy (non-hydrogen) atoms. The molecule has 0 amide bonds. The summed E-state index contributed by atoms with van der Waals surface area (Å²) in [5, 5.41) is 0. The Morgan fingerprint density at radius 1 is 0.800 bits per heavy atom. The zero-order valence-electron chi connectivity index (χ0n) is 17.9. The van der Waals surface area contributed by atoms with Crippen LogP contribution in [0.1, 0.15) is 36.3 Å². The van der Waals surface area contributed by atoms with Crippen LogP contribution in [0.4, 0.5) is 4.39 Å². The molecule has 0 saturated heterocycles. The summed E-state index contributed by atoms with van der Waals surface area (Å²) in [6.45, 7) is 6.19. The van der Waals surface area contributed by atoms with E-state index in [1.807, 2.05) is 38.4 Å². The van der Waals surface area contributed by atoms with Crippen LogP contribution in [-0.2, 0) is 12.8 Å². The minimum atomic E-state index is -0.203. The van der Waals surface area contributed by atoms with Crippen LogP contribution in [0, 0.1) is 12.7 Å². The summed E-state index contributed by atoms with van der Waals surface area (Å²) < 4.78 is 13.4. The number of nitrogens with zero attached hydrogens (tertiary/aromatic N) is 1. The number of benzene rings is 2. The first-order valence-corrected chi connectivity index (χ1v) is 11.4. The summed E-state index contributed by atoms with van der Waals surface area (Å²) in [4.78, 5) is 6.72. The molecule has 0 aliphatic rings. The van der Waals surface area contributed by atoms with Crippen LogP contribution < -0.4 is 0 Å². The van der Waals surface area contributed by atoms with Gasteiger partial charge in [-0.25, -0.2) is 4.39 Å². The Morgan fingerprint density at radius 2 is 1.47 bits per heavy atom. The van der Waals surface area contributed by atoms with Gasteiger partial charge in [0.1, 0.15) is 5.82 Å². The van der Waals surface area contributed by atoms with Gasteiger partial charge in [-0.05, 0) is 72.7 Å². The van der Waals surface area contributed by atoms with Crippen molar-refractivity contribution in [2.24, 2.45) is 0 Å². The highest BCUT2D eigenvalue weighted by molar-refractivity contribution is 7.16. The van der Waals surface area contributed by atoms with Crippen LogP contribution in [0.5, 0.6) is 0 Å². The van der Waals surface area contributed by atoms with E-state index in [-0.39, 0.29) is 5.82 Å². The first-order chi connectivity index (χ1) is 14.7. The molecule has 0 unspecified atom stereocenters. The van der Waals surface area contributed by atoms with Gasteiger partial charge in [-0.15, -0.1) is 11.3 Å². The lowest BCUT2D eigenvalue weighted by Crippen LogP contribution is -1.93. The minimum Gasteiger partial charge on any atom is -0.265 e. The van der Waals surface area contributed by atoms with Gasteiger partial charge >= 0.3 is 0 Å². The van der Waals surface area contributed by atoms with Gasteiger partial charge in [-0.3, -0.25) is 4.98 Å². The highest BCUT2D eigenvalue weighted by atomic mass is 32.1.